The third-order valence-electron chi connectivity index (χ3n) is 5.66. The van der Waals surface area contributed by atoms with Crippen LogP contribution in [-0.4, -0.2) is 22.2 Å². The number of rotatable bonds is 2. The molecule has 0 radical (unpaired) electrons. The summed E-state index contributed by atoms with van der Waals surface area (Å²) in [5, 5.41) is 9.28. The molecule has 0 bridgehead atoms. The molecule has 2 aliphatic rings. The Hall–Kier alpha value is -3.34. The fourth-order valence-corrected chi connectivity index (χ4v) is 4.37. The van der Waals surface area contributed by atoms with Crippen LogP contribution in [0, 0.1) is 12.8 Å². The molecule has 1 aromatic heterocycles. The molecule has 0 saturated carbocycles. The molecule has 5 heteroatoms. The highest BCUT2D eigenvalue weighted by atomic mass is 16.5. The standard InChI is InChI=1S/C23H19NO4.C4H10/c1-13-3-2-4-14(9-13)17-10-18-15(16-6-8-28-22(16)17)5-7-24-12-19(23(26)27)21(25)11-20(18)24;1-4(2)3/h2-4,9-12H,5-8H2,1H3,(H,26,27);4H,1-3H3. The number of aromatic carboxylic acids is 1. The van der Waals surface area contributed by atoms with Crippen molar-refractivity contribution in [2.75, 3.05) is 6.61 Å². The summed E-state index contributed by atoms with van der Waals surface area (Å²) in [6.45, 7) is 9.87. The van der Waals surface area contributed by atoms with Crippen LogP contribution < -0.4 is 10.2 Å². The van der Waals surface area contributed by atoms with Crippen molar-refractivity contribution in [1.82, 2.24) is 4.57 Å². The number of aromatic nitrogens is 1. The number of hydrogen-bond acceptors (Lipinski definition) is 3. The van der Waals surface area contributed by atoms with Crippen molar-refractivity contribution in [3.05, 3.63) is 75.1 Å². The van der Waals surface area contributed by atoms with E-state index in [-0.39, 0.29) is 5.56 Å². The minimum atomic E-state index is -1.19. The fraction of sp³-hybridized carbons (Fsp3) is 0.333. The summed E-state index contributed by atoms with van der Waals surface area (Å²) in [7, 11) is 0. The van der Waals surface area contributed by atoms with E-state index in [0.29, 0.717) is 13.2 Å². The smallest absolute Gasteiger partial charge is 0.341 e. The zero-order valence-corrected chi connectivity index (χ0v) is 19.1. The summed E-state index contributed by atoms with van der Waals surface area (Å²) < 4.78 is 7.89. The number of hydrogen-bond donors (Lipinski definition) is 1. The molecule has 0 amide bonds. The van der Waals surface area contributed by atoms with E-state index in [1.807, 2.05) is 10.6 Å². The van der Waals surface area contributed by atoms with E-state index in [2.05, 4.69) is 52.0 Å². The van der Waals surface area contributed by atoms with Gasteiger partial charge in [0.25, 0.3) is 0 Å². The molecule has 166 valence electrons. The molecule has 5 nitrogen and oxygen atoms in total. The van der Waals surface area contributed by atoms with Crippen LogP contribution in [0.25, 0.3) is 22.4 Å². The molecule has 3 heterocycles. The van der Waals surface area contributed by atoms with Crippen LogP contribution in [0.5, 0.6) is 5.75 Å². The van der Waals surface area contributed by atoms with Crippen LogP contribution in [0.1, 0.15) is 47.8 Å². The molecule has 0 saturated heterocycles. The highest BCUT2D eigenvalue weighted by Crippen LogP contribution is 2.45. The van der Waals surface area contributed by atoms with E-state index in [1.54, 1.807) is 0 Å². The molecule has 2 aliphatic heterocycles. The molecular formula is C27H29NO4. The van der Waals surface area contributed by atoms with Gasteiger partial charge in [-0.1, -0.05) is 50.6 Å². The molecule has 0 fully saturated rings. The van der Waals surface area contributed by atoms with Crippen LogP contribution >= 0.6 is 0 Å². The average Bonchev–Trinajstić information content (AvgIpc) is 3.22. The first-order valence-electron chi connectivity index (χ1n) is 11.1. The molecule has 0 unspecified atom stereocenters. The third-order valence-corrected chi connectivity index (χ3v) is 5.66. The quantitative estimate of drug-likeness (QED) is 0.594. The molecule has 3 aromatic rings. The number of carboxylic acid groups (broad SMARTS) is 1. The van der Waals surface area contributed by atoms with Crippen molar-refractivity contribution >= 4 is 5.97 Å². The average molecular weight is 432 g/mol. The second-order valence-electron chi connectivity index (χ2n) is 9.14. The number of benzene rings is 2. The number of aryl methyl sites for hydroxylation is 2. The molecule has 32 heavy (non-hydrogen) atoms. The zero-order chi connectivity index (χ0) is 23.0. The second-order valence-corrected chi connectivity index (χ2v) is 9.14. The van der Waals surface area contributed by atoms with Crippen LogP contribution in [0.15, 0.2) is 47.4 Å². The molecule has 0 aliphatic carbocycles. The predicted octanol–water partition coefficient (Wildman–Crippen LogP) is 5.34. The lowest BCUT2D eigenvalue weighted by molar-refractivity contribution is 0.0694. The van der Waals surface area contributed by atoms with Crippen LogP contribution in [0.4, 0.5) is 0 Å². The lowest BCUT2D eigenvalue weighted by Crippen LogP contribution is -2.22. The van der Waals surface area contributed by atoms with Crippen molar-refractivity contribution in [3.63, 3.8) is 0 Å². The van der Waals surface area contributed by atoms with E-state index in [1.165, 1.54) is 29.0 Å². The van der Waals surface area contributed by atoms with Gasteiger partial charge in [0.1, 0.15) is 11.3 Å². The SMILES string of the molecule is CC(C)C.Cc1cccc(-c2cc3c(c4c2OCC4)CCn2cc(C(=O)O)c(=O)cc2-3)c1. The predicted molar refractivity (Wildman–Crippen MR) is 127 cm³/mol. The number of fused-ring (bicyclic) bond motifs is 5. The summed E-state index contributed by atoms with van der Waals surface area (Å²) in [4.78, 5) is 23.7. The Kier molecular flexibility index (Phi) is 5.92. The summed E-state index contributed by atoms with van der Waals surface area (Å²) in [5.74, 6) is 0.594. The van der Waals surface area contributed by atoms with Gasteiger partial charge in [-0.25, -0.2) is 4.79 Å². The summed E-state index contributed by atoms with van der Waals surface area (Å²) in [5.41, 5.74) is 6.85. The topological polar surface area (TPSA) is 68.5 Å². The summed E-state index contributed by atoms with van der Waals surface area (Å²) in [6.07, 6.45) is 3.12. The van der Waals surface area contributed by atoms with E-state index in [4.69, 9.17) is 4.74 Å². The summed E-state index contributed by atoms with van der Waals surface area (Å²) >= 11 is 0. The summed E-state index contributed by atoms with van der Waals surface area (Å²) in [6, 6.07) is 11.9. The Morgan fingerprint density at radius 1 is 1.06 bits per heavy atom. The van der Waals surface area contributed by atoms with Crippen LogP contribution in [0.2, 0.25) is 0 Å². The Morgan fingerprint density at radius 3 is 2.50 bits per heavy atom. The third kappa shape index (κ3) is 4.07. The normalized spacial score (nSPS) is 13.4. The van der Waals surface area contributed by atoms with Crippen molar-refractivity contribution in [2.45, 2.75) is 47.1 Å². The van der Waals surface area contributed by atoms with Crippen LogP contribution in [-0.2, 0) is 19.4 Å². The minimum absolute atomic E-state index is 0.185. The van der Waals surface area contributed by atoms with Gasteiger partial charge >= 0.3 is 5.97 Å². The molecule has 0 spiro atoms. The van der Waals surface area contributed by atoms with E-state index in [0.717, 1.165) is 46.9 Å². The van der Waals surface area contributed by atoms with Crippen molar-refractivity contribution < 1.29 is 14.6 Å². The highest BCUT2D eigenvalue weighted by molar-refractivity contribution is 5.88. The van der Waals surface area contributed by atoms with Gasteiger partial charge in [-0.05, 0) is 36.5 Å². The lowest BCUT2D eigenvalue weighted by Gasteiger charge is -2.25. The van der Waals surface area contributed by atoms with E-state index < -0.39 is 11.4 Å². The maximum atomic E-state index is 12.4. The monoisotopic (exact) mass is 431 g/mol. The van der Waals surface area contributed by atoms with Gasteiger partial charge in [0.15, 0.2) is 5.43 Å². The van der Waals surface area contributed by atoms with Crippen molar-refractivity contribution in [3.8, 4) is 28.1 Å². The Bertz CT molecular complexity index is 1250. The molecule has 2 aromatic carbocycles. The van der Waals surface area contributed by atoms with E-state index in [9.17, 15) is 14.7 Å². The van der Waals surface area contributed by atoms with Gasteiger partial charge in [0.2, 0.25) is 0 Å². The van der Waals surface area contributed by atoms with Crippen molar-refractivity contribution in [1.29, 1.82) is 0 Å². The maximum absolute atomic E-state index is 12.4. The lowest BCUT2D eigenvalue weighted by atomic mass is 9.87. The van der Waals surface area contributed by atoms with Gasteiger partial charge in [-0.3, -0.25) is 4.79 Å². The first kappa shape index (κ1) is 21.9. The largest absolute Gasteiger partial charge is 0.492 e. The molecule has 5 rings (SSSR count). The van der Waals surface area contributed by atoms with E-state index >= 15 is 0 Å². The van der Waals surface area contributed by atoms with Crippen molar-refractivity contribution in [2.24, 2.45) is 5.92 Å². The molecular weight excluding hydrogens is 402 g/mol. The Balaban J connectivity index is 0.000000567. The zero-order valence-electron chi connectivity index (χ0n) is 19.1. The van der Waals surface area contributed by atoms with Gasteiger partial charge in [0.05, 0.1) is 12.3 Å². The van der Waals surface area contributed by atoms with Gasteiger partial charge < -0.3 is 14.4 Å². The first-order chi connectivity index (χ1) is 15.3. The molecule has 0 atom stereocenters. The van der Waals surface area contributed by atoms with Gasteiger partial charge in [-0.2, -0.15) is 0 Å². The Morgan fingerprint density at radius 2 is 1.81 bits per heavy atom. The number of ether oxygens (including phenoxy) is 1. The number of nitrogens with zero attached hydrogens (tertiary/aromatic N) is 1. The second kappa shape index (κ2) is 8.65. The number of carbonyl (C=O) groups is 1. The van der Waals surface area contributed by atoms with Gasteiger partial charge in [0, 0.05) is 41.9 Å². The highest BCUT2D eigenvalue weighted by Gasteiger charge is 2.28. The fourth-order valence-electron chi connectivity index (χ4n) is 4.37. The van der Waals surface area contributed by atoms with Gasteiger partial charge in [-0.15, -0.1) is 0 Å². The number of pyridine rings is 1. The molecule has 1 N–H and O–H groups in total. The first-order valence-corrected chi connectivity index (χ1v) is 11.1. The van der Waals surface area contributed by atoms with Crippen LogP contribution in [0.3, 0.4) is 0 Å². The maximum Gasteiger partial charge on any atom is 0.341 e. The minimum Gasteiger partial charge on any atom is -0.492 e. The Labute approximate surface area is 188 Å². The number of carboxylic acids is 1.